The van der Waals surface area contributed by atoms with Gasteiger partial charge in [0.05, 0.1) is 0 Å². The number of benzene rings is 1. The second-order valence-electron chi connectivity index (χ2n) is 6.35. The summed E-state index contributed by atoms with van der Waals surface area (Å²) >= 11 is 13.0. The van der Waals surface area contributed by atoms with Crippen LogP contribution in [-0.4, -0.2) is 28.8 Å². The zero-order valence-corrected chi connectivity index (χ0v) is 16.6. The molecule has 2 amide bonds. The molecule has 0 atom stereocenters. The van der Waals surface area contributed by atoms with Gasteiger partial charge < -0.3 is 5.32 Å². The van der Waals surface area contributed by atoms with Crippen LogP contribution in [0.4, 0.5) is 5.69 Å². The Morgan fingerprint density at radius 3 is 2.58 bits per heavy atom. The molecule has 1 aromatic heterocycles. The molecule has 1 aromatic carbocycles. The van der Waals surface area contributed by atoms with E-state index >= 15 is 0 Å². The Morgan fingerprint density at radius 2 is 1.96 bits per heavy atom. The minimum atomic E-state index is -0.436. The van der Waals surface area contributed by atoms with Crippen LogP contribution in [0.1, 0.15) is 41.7 Å². The van der Waals surface area contributed by atoms with Crippen LogP contribution >= 0.6 is 34.7 Å². The molecule has 3 rings (SSSR count). The van der Waals surface area contributed by atoms with Crippen LogP contribution in [0.2, 0.25) is 9.36 Å². The Balaban J connectivity index is 1.86. The molecule has 1 fully saturated rings. The van der Waals surface area contributed by atoms with Gasteiger partial charge in [-0.3, -0.25) is 14.5 Å². The fraction of sp³-hybridized carbons (Fsp3) is 0.389. The fourth-order valence-electron chi connectivity index (χ4n) is 3.14. The molecule has 1 N–H and O–H groups in total. The van der Waals surface area contributed by atoms with Gasteiger partial charge in [-0.05, 0) is 42.9 Å². The van der Waals surface area contributed by atoms with Crippen molar-refractivity contribution in [1.82, 2.24) is 9.69 Å². The number of carbonyl (C=O) groups is 2. The van der Waals surface area contributed by atoms with Gasteiger partial charge in [0.2, 0.25) is 5.91 Å². The van der Waals surface area contributed by atoms with Gasteiger partial charge in [-0.1, -0.05) is 54.2 Å². The van der Waals surface area contributed by atoms with Crippen LogP contribution in [0.15, 0.2) is 24.3 Å². The number of anilines is 1. The van der Waals surface area contributed by atoms with E-state index in [4.69, 9.17) is 23.2 Å². The van der Waals surface area contributed by atoms with E-state index in [1.807, 2.05) is 25.1 Å². The molecule has 0 aliphatic heterocycles. The summed E-state index contributed by atoms with van der Waals surface area (Å²) in [5, 5.41) is 3.14. The van der Waals surface area contributed by atoms with Gasteiger partial charge in [0.1, 0.15) is 15.9 Å². The number of halogens is 2. The van der Waals surface area contributed by atoms with Crippen molar-refractivity contribution < 1.29 is 9.59 Å². The molecule has 0 spiro atoms. The van der Waals surface area contributed by atoms with E-state index < -0.39 is 5.91 Å². The highest BCUT2D eigenvalue weighted by molar-refractivity contribution is 7.11. The molecule has 1 aliphatic rings. The molecule has 0 bridgehead atoms. The van der Waals surface area contributed by atoms with Gasteiger partial charge in [0, 0.05) is 11.7 Å². The van der Waals surface area contributed by atoms with Crippen LogP contribution in [-0.2, 0) is 4.79 Å². The van der Waals surface area contributed by atoms with Gasteiger partial charge in [-0.25, -0.2) is 0 Å². The molecular formula is C18H19Cl2N3O2S. The molecule has 0 unspecified atom stereocenters. The van der Waals surface area contributed by atoms with Crippen LogP contribution < -0.4 is 10.2 Å². The van der Waals surface area contributed by atoms with Crippen LogP contribution in [0.25, 0.3) is 0 Å². The van der Waals surface area contributed by atoms with Crippen molar-refractivity contribution in [3.63, 3.8) is 0 Å². The predicted molar refractivity (Wildman–Crippen MR) is 105 cm³/mol. The maximum atomic E-state index is 13.1. The summed E-state index contributed by atoms with van der Waals surface area (Å²) in [5.74, 6) is -0.625. The lowest BCUT2D eigenvalue weighted by Crippen LogP contribution is -2.44. The molecule has 1 aliphatic carbocycles. The minimum absolute atomic E-state index is 0.0681. The third kappa shape index (κ3) is 4.19. The molecule has 0 radical (unpaired) electrons. The molecule has 138 valence electrons. The highest BCUT2D eigenvalue weighted by Crippen LogP contribution is 2.31. The number of hydrogen-bond donors (Lipinski definition) is 1. The molecule has 1 saturated carbocycles. The first-order chi connectivity index (χ1) is 12.5. The zero-order chi connectivity index (χ0) is 18.7. The number of nitrogens with zero attached hydrogens (tertiary/aromatic N) is 2. The molecule has 0 saturated heterocycles. The molecule has 8 heteroatoms. The van der Waals surface area contributed by atoms with Gasteiger partial charge in [0.15, 0.2) is 5.69 Å². The molecule has 5 nitrogen and oxygen atoms in total. The fourth-order valence-corrected chi connectivity index (χ4v) is 4.13. The second kappa shape index (κ2) is 8.37. The second-order valence-corrected chi connectivity index (χ2v) is 8.10. The quantitative estimate of drug-likeness (QED) is 0.789. The Hall–Kier alpha value is -1.63. The number of nitrogens with one attached hydrogen (secondary N) is 1. The Bertz CT molecular complexity index is 819. The summed E-state index contributed by atoms with van der Waals surface area (Å²) in [6.07, 6.45) is 4.21. The number of amides is 2. The van der Waals surface area contributed by atoms with Crippen molar-refractivity contribution in [3.8, 4) is 0 Å². The predicted octanol–water partition coefficient (Wildman–Crippen LogP) is 4.46. The molecular weight excluding hydrogens is 393 g/mol. The smallest absolute Gasteiger partial charge is 0.280 e. The van der Waals surface area contributed by atoms with E-state index in [2.05, 4.69) is 9.69 Å². The first-order valence-electron chi connectivity index (χ1n) is 8.45. The van der Waals surface area contributed by atoms with Crippen molar-refractivity contribution >= 4 is 52.2 Å². The van der Waals surface area contributed by atoms with Gasteiger partial charge in [0.25, 0.3) is 5.91 Å². The lowest BCUT2D eigenvalue weighted by atomic mass is 10.1. The van der Waals surface area contributed by atoms with E-state index in [-0.39, 0.29) is 33.5 Å². The number of aryl methyl sites for hydroxylation is 1. The molecule has 1 heterocycles. The van der Waals surface area contributed by atoms with Crippen molar-refractivity contribution in [2.24, 2.45) is 0 Å². The largest absolute Gasteiger partial charge is 0.352 e. The van der Waals surface area contributed by atoms with E-state index in [0.29, 0.717) is 5.69 Å². The van der Waals surface area contributed by atoms with Gasteiger partial charge in [-0.15, -0.1) is 0 Å². The first kappa shape index (κ1) is 19.1. The maximum absolute atomic E-state index is 13.1. The number of para-hydroxylation sites is 1. The normalized spacial score (nSPS) is 14.4. The summed E-state index contributed by atoms with van der Waals surface area (Å²) in [7, 11) is 0. The standard InChI is InChI=1S/C18H19Cl2N3O2S/c1-11-6-2-5-9-13(11)23(10-14(24)21-12-7-3-4-8-12)18(25)16-15(19)17(20)26-22-16/h2,5-6,9,12H,3-4,7-8,10H2,1H3,(H,21,24). The van der Waals surface area contributed by atoms with Crippen molar-refractivity contribution in [3.05, 3.63) is 44.9 Å². The number of rotatable bonds is 5. The summed E-state index contributed by atoms with van der Waals surface area (Å²) in [6.45, 7) is 1.80. The number of carbonyl (C=O) groups excluding carboxylic acids is 2. The van der Waals surface area contributed by atoms with Crippen molar-refractivity contribution in [2.45, 2.75) is 38.6 Å². The van der Waals surface area contributed by atoms with Crippen molar-refractivity contribution in [2.75, 3.05) is 11.4 Å². The number of hydrogen-bond acceptors (Lipinski definition) is 4. The highest BCUT2D eigenvalue weighted by atomic mass is 35.5. The average Bonchev–Trinajstić information content (AvgIpc) is 3.24. The Labute approximate surface area is 166 Å². The average molecular weight is 412 g/mol. The third-order valence-corrected chi connectivity index (χ3v) is 6.08. The van der Waals surface area contributed by atoms with E-state index in [1.54, 1.807) is 6.07 Å². The van der Waals surface area contributed by atoms with Crippen LogP contribution in [0.3, 0.4) is 0 Å². The maximum Gasteiger partial charge on any atom is 0.280 e. The summed E-state index contributed by atoms with van der Waals surface area (Å²) in [5.41, 5.74) is 1.60. The lowest BCUT2D eigenvalue weighted by Gasteiger charge is -2.24. The minimum Gasteiger partial charge on any atom is -0.352 e. The summed E-state index contributed by atoms with van der Waals surface area (Å²) in [6, 6.07) is 7.59. The Morgan fingerprint density at radius 1 is 1.27 bits per heavy atom. The highest BCUT2D eigenvalue weighted by Gasteiger charge is 2.28. The van der Waals surface area contributed by atoms with E-state index in [0.717, 1.165) is 42.8 Å². The summed E-state index contributed by atoms with van der Waals surface area (Å²) < 4.78 is 4.32. The SMILES string of the molecule is Cc1ccccc1N(CC(=O)NC1CCCC1)C(=O)c1nsc(Cl)c1Cl. The topological polar surface area (TPSA) is 62.3 Å². The first-order valence-corrected chi connectivity index (χ1v) is 9.98. The van der Waals surface area contributed by atoms with Gasteiger partial charge >= 0.3 is 0 Å². The summed E-state index contributed by atoms with van der Waals surface area (Å²) in [4.78, 5) is 27.0. The van der Waals surface area contributed by atoms with E-state index in [1.165, 1.54) is 4.90 Å². The third-order valence-electron chi connectivity index (χ3n) is 4.47. The number of aromatic nitrogens is 1. The zero-order valence-electron chi connectivity index (χ0n) is 14.3. The van der Waals surface area contributed by atoms with E-state index in [9.17, 15) is 9.59 Å². The van der Waals surface area contributed by atoms with Crippen molar-refractivity contribution in [1.29, 1.82) is 0 Å². The van der Waals surface area contributed by atoms with Gasteiger partial charge in [-0.2, -0.15) is 4.37 Å². The van der Waals surface area contributed by atoms with Crippen LogP contribution in [0.5, 0.6) is 0 Å². The molecule has 26 heavy (non-hydrogen) atoms. The van der Waals surface area contributed by atoms with Crippen LogP contribution in [0, 0.1) is 6.92 Å². The Kier molecular flexibility index (Phi) is 6.16. The molecule has 2 aromatic rings. The monoisotopic (exact) mass is 411 g/mol. The lowest BCUT2D eigenvalue weighted by molar-refractivity contribution is -0.120.